The molecule has 1 aliphatic carbocycles. The van der Waals surface area contributed by atoms with Gasteiger partial charge in [0.25, 0.3) is 0 Å². The molecule has 2 rings (SSSR count). The van der Waals surface area contributed by atoms with Crippen LogP contribution in [0.2, 0.25) is 0 Å². The van der Waals surface area contributed by atoms with E-state index in [-0.39, 0.29) is 0 Å². The maximum atomic E-state index is 10.5. The lowest BCUT2D eigenvalue weighted by molar-refractivity contribution is -0.111. The second-order valence-corrected chi connectivity index (χ2v) is 5.18. The zero-order valence-corrected chi connectivity index (χ0v) is 9.17. The fourth-order valence-electron chi connectivity index (χ4n) is 3.06. The highest BCUT2D eigenvalue weighted by atomic mass is 16.5. The van der Waals surface area contributed by atoms with Crippen LogP contribution in [-0.2, 0) is 4.74 Å². The van der Waals surface area contributed by atoms with E-state index in [1.165, 1.54) is 25.7 Å². The Morgan fingerprint density at radius 2 is 1.93 bits per heavy atom. The highest BCUT2D eigenvalue weighted by molar-refractivity contribution is 4.90. The number of hydrogen-bond acceptors (Lipinski definition) is 2. The van der Waals surface area contributed by atoms with Crippen LogP contribution >= 0.6 is 0 Å². The average molecular weight is 198 g/mol. The summed E-state index contributed by atoms with van der Waals surface area (Å²) in [5.41, 5.74) is -0.396. The Kier molecular flexibility index (Phi) is 3.13. The summed E-state index contributed by atoms with van der Waals surface area (Å²) < 4.78 is 5.32. The second-order valence-electron chi connectivity index (χ2n) is 5.18. The van der Waals surface area contributed by atoms with Gasteiger partial charge in [-0.2, -0.15) is 0 Å². The van der Waals surface area contributed by atoms with E-state index >= 15 is 0 Å². The Morgan fingerprint density at radius 1 is 1.21 bits per heavy atom. The van der Waals surface area contributed by atoms with Crippen LogP contribution in [0, 0.1) is 11.8 Å². The first kappa shape index (κ1) is 10.4. The molecule has 0 spiro atoms. The van der Waals surface area contributed by atoms with Gasteiger partial charge in [0.1, 0.15) is 0 Å². The smallest absolute Gasteiger partial charge is 0.0719 e. The zero-order chi connectivity index (χ0) is 10.0. The topological polar surface area (TPSA) is 29.5 Å². The van der Waals surface area contributed by atoms with Crippen molar-refractivity contribution in [2.75, 3.05) is 13.2 Å². The molecule has 82 valence electrons. The molecule has 1 saturated heterocycles. The van der Waals surface area contributed by atoms with Gasteiger partial charge in [-0.1, -0.05) is 19.8 Å². The molecule has 0 bridgehead atoms. The van der Waals surface area contributed by atoms with Crippen LogP contribution < -0.4 is 0 Å². The molecular formula is C12H22O2. The van der Waals surface area contributed by atoms with Crippen molar-refractivity contribution in [2.45, 2.75) is 51.0 Å². The average Bonchev–Trinajstić information content (AvgIpc) is 2.19. The molecule has 14 heavy (non-hydrogen) atoms. The van der Waals surface area contributed by atoms with Crippen molar-refractivity contribution < 1.29 is 9.84 Å². The molecule has 1 heterocycles. The van der Waals surface area contributed by atoms with Gasteiger partial charge in [-0.05, 0) is 37.5 Å². The Bertz CT molecular complexity index is 185. The molecule has 2 heteroatoms. The monoisotopic (exact) mass is 198 g/mol. The second kappa shape index (κ2) is 4.19. The Hall–Kier alpha value is -0.0800. The van der Waals surface area contributed by atoms with Gasteiger partial charge in [-0.3, -0.25) is 0 Å². The van der Waals surface area contributed by atoms with Crippen molar-refractivity contribution in [1.29, 1.82) is 0 Å². The normalized spacial score (nSPS) is 38.1. The highest BCUT2D eigenvalue weighted by Gasteiger charge is 2.39. The van der Waals surface area contributed by atoms with Crippen LogP contribution in [0.4, 0.5) is 0 Å². The Balaban J connectivity index is 1.97. The summed E-state index contributed by atoms with van der Waals surface area (Å²) in [6, 6.07) is 0. The molecule has 2 fully saturated rings. The zero-order valence-electron chi connectivity index (χ0n) is 9.17. The molecule has 2 aliphatic rings. The summed E-state index contributed by atoms with van der Waals surface area (Å²) in [4.78, 5) is 0. The summed E-state index contributed by atoms with van der Waals surface area (Å²) in [7, 11) is 0. The summed E-state index contributed by atoms with van der Waals surface area (Å²) >= 11 is 0. The SMILES string of the molecule is CC1CCCC(C2(O)CCOCC2)C1. The van der Waals surface area contributed by atoms with E-state index in [2.05, 4.69) is 6.92 Å². The van der Waals surface area contributed by atoms with Gasteiger partial charge in [-0.15, -0.1) is 0 Å². The van der Waals surface area contributed by atoms with Gasteiger partial charge >= 0.3 is 0 Å². The van der Waals surface area contributed by atoms with E-state index in [9.17, 15) is 5.11 Å². The van der Waals surface area contributed by atoms with E-state index < -0.39 is 5.60 Å². The van der Waals surface area contributed by atoms with Crippen molar-refractivity contribution in [3.05, 3.63) is 0 Å². The highest BCUT2D eigenvalue weighted by Crippen LogP contribution is 2.40. The van der Waals surface area contributed by atoms with Crippen molar-refractivity contribution >= 4 is 0 Å². The van der Waals surface area contributed by atoms with Crippen molar-refractivity contribution in [1.82, 2.24) is 0 Å². The third-order valence-corrected chi connectivity index (χ3v) is 4.05. The molecule has 1 aliphatic heterocycles. The fourth-order valence-corrected chi connectivity index (χ4v) is 3.06. The molecule has 0 amide bonds. The van der Waals surface area contributed by atoms with E-state index in [0.717, 1.165) is 32.0 Å². The lowest BCUT2D eigenvalue weighted by atomic mass is 9.70. The van der Waals surface area contributed by atoms with E-state index in [0.29, 0.717) is 5.92 Å². The summed E-state index contributed by atoms with van der Waals surface area (Å²) in [5.74, 6) is 1.34. The van der Waals surface area contributed by atoms with Crippen LogP contribution in [0.15, 0.2) is 0 Å². The molecular weight excluding hydrogens is 176 g/mol. The Morgan fingerprint density at radius 3 is 2.57 bits per heavy atom. The third kappa shape index (κ3) is 2.12. The number of hydrogen-bond donors (Lipinski definition) is 1. The van der Waals surface area contributed by atoms with Gasteiger partial charge in [0, 0.05) is 13.2 Å². The minimum atomic E-state index is -0.396. The van der Waals surface area contributed by atoms with Crippen LogP contribution in [0.3, 0.4) is 0 Å². The predicted molar refractivity (Wildman–Crippen MR) is 56.1 cm³/mol. The van der Waals surface area contributed by atoms with Gasteiger partial charge < -0.3 is 9.84 Å². The van der Waals surface area contributed by atoms with Crippen LogP contribution in [-0.4, -0.2) is 23.9 Å². The lowest BCUT2D eigenvalue weighted by Crippen LogP contribution is -2.44. The van der Waals surface area contributed by atoms with Gasteiger partial charge in [0.05, 0.1) is 5.60 Å². The fraction of sp³-hybridized carbons (Fsp3) is 1.00. The summed E-state index contributed by atoms with van der Waals surface area (Å²) in [5, 5.41) is 10.5. The maximum Gasteiger partial charge on any atom is 0.0719 e. The quantitative estimate of drug-likeness (QED) is 0.701. The van der Waals surface area contributed by atoms with Crippen molar-refractivity contribution in [3.63, 3.8) is 0 Å². The van der Waals surface area contributed by atoms with Gasteiger partial charge in [0.15, 0.2) is 0 Å². The van der Waals surface area contributed by atoms with Gasteiger partial charge in [-0.25, -0.2) is 0 Å². The predicted octanol–water partition coefficient (Wildman–Crippen LogP) is 2.35. The first-order valence-corrected chi connectivity index (χ1v) is 6.01. The minimum absolute atomic E-state index is 0.396. The van der Waals surface area contributed by atoms with Crippen LogP contribution in [0.25, 0.3) is 0 Å². The van der Waals surface area contributed by atoms with Crippen molar-refractivity contribution in [3.8, 4) is 0 Å². The van der Waals surface area contributed by atoms with Gasteiger partial charge in [0.2, 0.25) is 0 Å². The summed E-state index contributed by atoms with van der Waals surface area (Å²) in [6.07, 6.45) is 6.80. The van der Waals surface area contributed by atoms with E-state index in [4.69, 9.17) is 4.74 Å². The molecule has 1 saturated carbocycles. The standard InChI is InChI=1S/C12H22O2/c1-10-3-2-4-11(9-10)12(13)5-7-14-8-6-12/h10-11,13H,2-9H2,1H3. The molecule has 0 radical (unpaired) electrons. The van der Waals surface area contributed by atoms with E-state index in [1.807, 2.05) is 0 Å². The minimum Gasteiger partial charge on any atom is -0.389 e. The number of rotatable bonds is 1. The first-order valence-electron chi connectivity index (χ1n) is 6.01. The largest absolute Gasteiger partial charge is 0.389 e. The first-order chi connectivity index (χ1) is 6.71. The maximum absolute atomic E-state index is 10.5. The number of aliphatic hydroxyl groups is 1. The lowest BCUT2D eigenvalue weighted by Gasteiger charge is -2.42. The molecule has 2 unspecified atom stereocenters. The van der Waals surface area contributed by atoms with Crippen LogP contribution in [0.5, 0.6) is 0 Å². The van der Waals surface area contributed by atoms with E-state index in [1.54, 1.807) is 0 Å². The van der Waals surface area contributed by atoms with Crippen molar-refractivity contribution in [2.24, 2.45) is 11.8 Å². The Labute approximate surface area is 86.6 Å². The molecule has 2 nitrogen and oxygen atoms in total. The summed E-state index contributed by atoms with van der Waals surface area (Å²) in [6.45, 7) is 3.82. The molecule has 0 aromatic carbocycles. The third-order valence-electron chi connectivity index (χ3n) is 4.05. The molecule has 2 atom stereocenters. The molecule has 1 N–H and O–H groups in total. The number of ether oxygens (including phenoxy) is 1. The van der Waals surface area contributed by atoms with Crippen LogP contribution in [0.1, 0.15) is 45.4 Å². The molecule has 0 aromatic heterocycles. The molecule has 0 aromatic rings.